The predicted octanol–water partition coefficient (Wildman–Crippen LogP) is 7.43. The molecule has 9 atom stereocenters. The van der Waals surface area contributed by atoms with Crippen LogP contribution in [0.25, 0.3) is 0 Å². The predicted molar refractivity (Wildman–Crippen MR) is 135 cm³/mol. The number of hydrogen-bond donors (Lipinski definition) is 2. The minimum atomic E-state index is -0.940. The maximum atomic E-state index is 12.3. The number of allylic oxidation sites excluding steroid dienone is 1. The van der Waals surface area contributed by atoms with Crippen molar-refractivity contribution in [3.63, 3.8) is 0 Å². The second-order valence-electron chi connectivity index (χ2n) is 14.4. The van der Waals surface area contributed by atoms with E-state index in [1.807, 2.05) is 13.8 Å². The largest absolute Gasteiger partial charge is 0.481 e. The Hall–Kier alpha value is -1.32. The number of carboxylic acids is 2. The van der Waals surface area contributed by atoms with Gasteiger partial charge in [-0.2, -0.15) is 0 Å². The SMILES string of the molecule is C=C(C)[C@@H]1CC[C@]2(C)CC[C@]3(C)C(CCC4[C@@](C)(CC(=O)O)C(C(C)(C)C(=O)O)CC[C@]43C)C12. The smallest absolute Gasteiger partial charge is 0.309 e. The van der Waals surface area contributed by atoms with E-state index in [0.29, 0.717) is 23.2 Å². The van der Waals surface area contributed by atoms with E-state index in [1.54, 1.807) is 0 Å². The van der Waals surface area contributed by atoms with E-state index in [1.165, 1.54) is 31.3 Å². The zero-order valence-electron chi connectivity index (χ0n) is 22.7. The van der Waals surface area contributed by atoms with Gasteiger partial charge in [-0.15, -0.1) is 0 Å². The number of carbonyl (C=O) groups is 2. The van der Waals surface area contributed by atoms with E-state index in [2.05, 4.69) is 41.2 Å². The fourth-order valence-corrected chi connectivity index (χ4v) is 10.8. The van der Waals surface area contributed by atoms with Crippen LogP contribution < -0.4 is 0 Å². The third kappa shape index (κ3) is 3.29. The molecule has 0 aliphatic heterocycles. The van der Waals surface area contributed by atoms with E-state index in [-0.39, 0.29) is 29.1 Å². The Balaban J connectivity index is 1.79. The molecule has 4 aliphatic rings. The van der Waals surface area contributed by atoms with Gasteiger partial charge < -0.3 is 10.2 Å². The molecular weight excluding hydrogens is 424 g/mol. The average Bonchev–Trinajstić information content (AvgIpc) is 3.06. The van der Waals surface area contributed by atoms with Gasteiger partial charge in [-0.25, -0.2) is 0 Å². The summed E-state index contributed by atoms with van der Waals surface area (Å²) in [4.78, 5) is 24.5. The van der Waals surface area contributed by atoms with Gasteiger partial charge >= 0.3 is 11.9 Å². The van der Waals surface area contributed by atoms with Crippen molar-refractivity contribution < 1.29 is 19.8 Å². The molecule has 0 aromatic rings. The molecule has 4 nitrogen and oxygen atoms in total. The van der Waals surface area contributed by atoms with Gasteiger partial charge in [0.05, 0.1) is 11.8 Å². The Morgan fingerprint density at radius 2 is 1.56 bits per heavy atom. The van der Waals surface area contributed by atoms with Crippen molar-refractivity contribution in [2.45, 2.75) is 106 Å². The third-order valence-electron chi connectivity index (χ3n) is 12.7. The van der Waals surface area contributed by atoms with Crippen molar-refractivity contribution in [1.82, 2.24) is 0 Å². The molecule has 0 amide bonds. The minimum Gasteiger partial charge on any atom is -0.481 e. The highest BCUT2D eigenvalue weighted by Crippen LogP contribution is 2.76. The highest BCUT2D eigenvalue weighted by molar-refractivity contribution is 5.75. The molecule has 0 radical (unpaired) electrons. The van der Waals surface area contributed by atoms with Crippen molar-refractivity contribution in [3.05, 3.63) is 12.2 Å². The summed E-state index contributed by atoms with van der Waals surface area (Å²) in [6.45, 7) is 19.9. The van der Waals surface area contributed by atoms with Gasteiger partial charge in [0, 0.05) is 0 Å². The van der Waals surface area contributed by atoms with Crippen LogP contribution in [-0.4, -0.2) is 22.2 Å². The summed E-state index contributed by atoms with van der Waals surface area (Å²) >= 11 is 0. The summed E-state index contributed by atoms with van der Waals surface area (Å²) in [6, 6.07) is 0. The van der Waals surface area contributed by atoms with Crippen LogP contribution in [-0.2, 0) is 9.59 Å². The molecule has 0 bridgehead atoms. The number of carboxylic acid groups (broad SMARTS) is 2. The molecule has 4 heteroatoms. The van der Waals surface area contributed by atoms with Gasteiger partial charge in [-0.05, 0) is 123 Å². The summed E-state index contributed by atoms with van der Waals surface area (Å²) in [5.41, 5.74) is 0.437. The highest BCUT2D eigenvalue weighted by Gasteiger charge is 2.70. The van der Waals surface area contributed by atoms with Crippen LogP contribution in [0.4, 0.5) is 0 Å². The Morgan fingerprint density at radius 1 is 0.912 bits per heavy atom. The first-order valence-electron chi connectivity index (χ1n) is 13.7. The first-order chi connectivity index (χ1) is 15.5. The lowest BCUT2D eigenvalue weighted by molar-refractivity contribution is -0.230. The van der Waals surface area contributed by atoms with Crippen LogP contribution in [0.2, 0.25) is 0 Å². The summed E-state index contributed by atoms with van der Waals surface area (Å²) < 4.78 is 0. The molecule has 4 unspecified atom stereocenters. The van der Waals surface area contributed by atoms with E-state index in [0.717, 1.165) is 25.7 Å². The fourth-order valence-electron chi connectivity index (χ4n) is 10.8. The molecule has 2 N–H and O–H groups in total. The summed E-state index contributed by atoms with van der Waals surface area (Å²) in [5.74, 6) is 0.387. The molecule has 4 saturated carbocycles. The molecule has 4 fully saturated rings. The maximum Gasteiger partial charge on any atom is 0.309 e. The number of rotatable bonds is 5. The lowest BCUT2D eigenvalue weighted by Gasteiger charge is -2.71. The van der Waals surface area contributed by atoms with Gasteiger partial charge in [-0.1, -0.05) is 39.8 Å². The monoisotopic (exact) mass is 472 g/mol. The number of aliphatic carboxylic acids is 2. The van der Waals surface area contributed by atoms with Crippen molar-refractivity contribution in [2.24, 2.45) is 56.7 Å². The molecule has 0 heterocycles. The number of hydrogen-bond acceptors (Lipinski definition) is 2. The standard InChI is InChI=1S/C30H48O4/c1-18(2)19-11-13-27(5)15-16-29(7)20(24(19)27)9-10-22-28(6,17-23(31)32)21(12-14-30(22,29)8)26(3,4)25(33)34/h19-22,24H,1,9-17H2,2-8H3,(H,31,32)(H,33,34)/t19-,20?,21?,22?,24?,27+,28-,29+,30+/m0/s1. The normalized spacial score (nSPS) is 48.4. The van der Waals surface area contributed by atoms with Gasteiger partial charge in [0.2, 0.25) is 0 Å². The molecule has 4 aliphatic carbocycles. The van der Waals surface area contributed by atoms with Crippen LogP contribution in [0.5, 0.6) is 0 Å². The molecule has 34 heavy (non-hydrogen) atoms. The van der Waals surface area contributed by atoms with Gasteiger partial charge in [-0.3, -0.25) is 9.59 Å². The highest BCUT2D eigenvalue weighted by atomic mass is 16.4. The fraction of sp³-hybridized carbons (Fsp3) is 0.867. The van der Waals surface area contributed by atoms with Crippen LogP contribution >= 0.6 is 0 Å². The Labute approximate surface area is 207 Å². The van der Waals surface area contributed by atoms with E-state index < -0.39 is 22.8 Å². The first-order valence-corrected chi connectivity index (χ1v) is 13.7. The van der Waals surface area contributed by atoms with E-state index in [4.69, 9.17) is 0 Å². The molecular formula is C30H48O4. The van der Waals surface area contributed by atoms with Crippen molar-refractivity contribution in [1.29, 1.82) is 0 Å². The summed E-state index contributed by atoms with van der Waals surface area (Å²) in [6.07, 6.45) is 9.02. The maximum absolute atomic E-state index is 12.3. The molecule has 0 aromatic carbocycles. The minimum absolute atomic E-state index is 0.0226. The Bertz CT molecular complexity index is 890. The zero-order chi connectivity index (χ0) is 25.5. The topological polar surface area (TPSA) is 74.6 Å². The third-order valence-corrected chi connectivity index (χ3v) is 12.7. The van der Waals surface area contributed by atoms with Crippen LogP contribution in [0, 0.1) is 56.7 Å². The average molecular weight is 473 g/mol. The molecule has 0 saturated heterocycles. The number of fused-ring (bicyclic) bond motifs is 5. The molecule has 0 spiro atoms. The zero-order valence-corrected chi connectivity index (χ0v) is 22.7. The van der Waals surface area contributed by atoms with Crippen molar-refractivity contribution in [3.8, 4) is 0 Å². The quantitative estimate of drug-likeness (QED) is 0.408. The van der Waals surface area contributed by atoms with E-state index >= 15 is 0 Å². The Morgan fingerprint density at radius 3 is 2.12 bits per heavy atom. The first kappa shape index (κ1) is 25.8. The van der Waals surface area contributed by atoms with Crippen LogP contribution in [0.15, 0.2) is 12.2 Å². The molecule has 4 rings (SSSR count). The Kier molecular flexibility index (Phi) is 5.94. The van der Waals surface area contributed by atoms with Crippen molar-refractivity contribution >= 4 is 11.9 Å². The molecule has 0 aromatic heterocycles. The van der Waals surface area contributed by atoms with Crippen LogP contribution in [0.1, 0.15) is 106 Å². The van der Waals surface area contributed by atoms with Crippen molar-refractivity contribution in [2.75, 3.05) is 0 Å². The van der Waals surface area contributed by atoms with Gasteiger partial charge in [0.1, 0.15) is 0 Å². The summed E-state index contributed by atoms with van der Waals surface area (Å²) in [7, 11) is 0. The lowest BCUT2D eigenvalue weighted by atomic mass is 9.33. The van der Waals surface area contributed by atoms with Gasteiger partial charge in [0.25, 0.3) is 0 Å². The summed E-state index contributed by atoms with van der Waals surface area (Å²) in [5, 5.41) is 20.1. The molecule has 192 valence electrons. The second kappa shape index (κ2) is 7.84. The second-order valence-corrected chi connectivity index (χ2v) is 14.4. The van der Waals surface area contributed by atoms with Crippen LogP contribution in [0.3, 0.4) is 0 Å². The van der Waals surface area contributed by atoms with Gasteiger partial charge in [0.15, 0.2) is 0 Å². The lowest BCUT2D eigenvalue weighted by Crippen LogP contribution is -2.65. The van der Waals surface area contributed by atoms with E-state index in [9.17, 15) is 19.8 Å².